The fourth-order valence-electron chi connectivity index (χ4n) is 4.73. The van der Waals surface area contributed by atoms with Gasteiger partial charge >= 0.3 is 0 Å². The van der Waals surface area contributed by atoms with E-state index < -0.39 is 5.91 Å². The van der Waals surface area contributed by atoms with Crippen molar-refractivity contribution in [3.05, 3.63) is 77.6 Å². The fourth-order valence-corrected chi connectivity index (χ4v) is 4.73. The molecule has 0 unspecified atom stereocenters. The molecule has 0 saturated carbocycles. The maximum atomic E-state index is 12.4. The summed E-state index contributed by atoms with van der Waals surface area (Å²) in [5.41, 5.74) is 3.79. The first-order valence-electron chi connectivity index (χ1n) is 11.7. The number of benzene rings is 2. The molecular formula is C27H27N5O4. The Bertz CT molecular complexity index is 1450. The summed E-state index contributed by atoms with van der Waals surface area (Å²) in [6.07, 6.45) is 3.86. The lowest BCUT2D eigenvalue weighted by atomic mass is 9.93. The van der Waals surface area contributed by atoms with Gasteiger partial charge in [-0.25, -0.2) is 0 Å². The third-order valence-corrected chi connectivity index (χ3v) is 6.70. The maximum absolute atomic E-state index is 12.4. The van der Waals surface area contributed by atoms with Gasteiger partial charge in [-0.05, 0) is 54.8 Å². The fraction of sp³-hybridized carbons (Fsp3) is 0.259. The monoisotopic (exact) mass is 485 g/mol. The molecule has 0 fully saturated rings. The Morgan fingerprint density at radius 3 is 2.67 bits per heavy atom. The first-order valence-corrected chi connectivity index (χ1v) is 11.7. The molecule has 36 heavy (non-hydrogen) atoms. The van der Waals surface area contributed by atoms with Gasteiger partial charge in [0.25, 0.3) is 5.91 Å². The van der Waals surface area contributed by atoms with Crippen LogP contribution in [0.2, 0.25) is 0 Å². The average Bonchev–Trinajstić information content (AvgIpc) is 3.18. The average molecular weight is 486 g/mol. The third kappa shape index (κ3) is 4.18. The Kier molecular flexibility index (Phi) is 6.39. The van der Waals surface area contributed by atoms with Crippen molar-refractivity contribution in [1.82, 2.24) is 14.5 Å². The molecule has 2 aromatic carbocycles. The van der Waals surface area contributed by atoms with Gasteiger partial charge in [0.2, 0.25) is 5.88 Å². The van der Waals surface area contributed by atoms with E-state index in [2.05, 4.69) is 27.0 Å². The number of ether oxygens (including phenoxy) is 2. The lowest BCUT2D eigenvalue weighted by Gasteiger charge is -2.36. The molecule has 1 aliphatic heterocycles. The largest absolute Gasteiger partial charge is 0.493 e. The number of amides is 1. The van der Waals surface area contributed by atoms with Crippen molar-refractivity contribution < 1.29 is 19.4 Å². The van der Waals surface area contributed by atoms with E-state index in [9.17, 15) is 9.90 Å². The predicted octanol–water partition coefficient (Wildman–Crippen LogP) is 5.26. The van der Waals surface area contributed by atoms with E-state index in [0.29, 0.717) is 23.4 Å². The van der Waals surface area contributed by atoms with Crippen molar-refractivity contribution in [2.45, 2.75) is 26.1 Å². The van der Waals surface area contributed by atoms with E-state index in [1.807, 2.05) is 36.4 Å². The molecule has 2 aromatic heterocycles. The molecule has 184 valence electrons. The number of nitrogens with zero attached hydrogens (tertiary/aromatic N) is 5. The first-order chi connectivity index (χ1) is 17.5. The van der Waals surface area contributed by atoms with Gasteiger partial charge in [0.1, 0.15) is 0 Å². The highest BCUT2D eigenvalue weighted by atomic mass is 16.5. The number of rotatable bonds is 6. The lowest BCUT2D eigenvalue weighted by molar-refractivity contribution is 0.0994. The molecule has 1 atom stereocenters. The number of pyridine rings is 1. The molecule has 1 aliphatic rings. The number of aromatic hydroxyl groups is 1. The van der Waals surface area contributed by atoms with Crippen LogP contribution in [0.1, 0.15) is 34.5 Å². The molecular weight excluding hydrogens is 458 g/mol. The molecule has 9 nitrogen and oxygen atoms in total. The van der Waals surface area contributed by atoms with Crippen molar-refractivity contribution in [3.8, 4) is 17.4 Å². The quantitative estimate of drug-likeness (QED) is 0.374. The van der Waals surface area contributed by atoms with E-state index in [1.54, 1.807) is 37.1 Å². The lowest BCUT2D eigenvalue weighted by Crippen LogP contribution is -2.35. The van der Waals surface area contributed by atoms with Gasteiger partial charge in [-0.2, -0.15) is 0 Å². The van der Waals surface area contributed by atoms with Gasteiger partial charge in [-0.15, -0.1) is 10.2 Å². The number of carbonyl (C=O) groups is 1. The van der Waals surface area contributed by atoms with E-state index in [0.717, 1.165) is 29.8 Å². The Hall–Kier alpha value is -4.24. The number of para-hydroxylation sites is 1. The number of methoxy groups -OCH3 is 2. The van der Waals surface area contributed by atoms with E-state index in [-0.39, 0.29) is 17.6 Å². The molecule has 5 rings (SSSR count). The number of hydrogen-bond donors (Lipinski definition) is 1. The molecule has 0 radical (unpaired) electrons. The van der Waals surface area contributed by atoms with Crippen LogP contribution in [-0.2, 0) is 13.1 Å². The molecule has 4 aromatic rings. The summed E-state index contributed by atoms with van der Waals surface area (Å²) in [6.45, 7) is 3.37. The zero-order chi connectivity index (χ0) is 25.2. The maximum Gasteiger partial charge on any atom is 0.296 e. The Morgan fingerprint density at radius 2 is 1.92 bits per heavy atom. The van der Waals surface area contributed by atoms with Gasteiger partial charge < -0.3 is 14.6 Å². The predicted molar refractivity (Wildman–Crippen MR) is 135 cm³/mol. The summed E-state index contributed by atoms with van der Waals surface area (Å²) < 4.78 is 12.8. The number of carbonyl (C=O) groups excluding carboxylic acids is 1. The zero-order valence-electron chi connectivity index (χ0n) is 20.4. The third-order valence-electron chi connectivity index (χ3n) is 6.70. The molecule has 3 heterocycles. The van der Waals surface area contributed by atoms with Crippen molar-refractivity contribution in [2.24, 2.45) is 10.2 Å². The van der Waals surface area contributed by atoms with Crippen LogP contribution in [0.15, 0.2) is 71.2 Å². The number of fused-ring (bicyclic) bond motifs is 2. The molecule has 0 spiro atoms. The highest BCUT2D eigenvalue weighted by Gasteiger charge is 2.28. The van der Waals surface area contributed by atoms with Crippen LogP contribution >= 0.6 is 0 Å². The standard InChI is InChI=1S/C27H27N5O4/c1-17-21-14-24(36-3)23(35-2)13-18(21)10-12-31(17)16-32-22-9-5-4-8-20(22)25(27(32)34)29-30-26(33)19-7-6-11-28-15-19/h4-9,11,13-15,17,34H,10,12,16H2,1-3H3/t17-/m0/s1. The summed E-state index contributed by atoms with van der Waals surface area (Å²) in [5.74, 6) is 0.858. The van der Waals surface area contributed by atoms with Gasteiger partial charge in [0, 0.05) is 30.4 Å². The SMILES string of the molecule is COc1cc2c(cc1OC)[C@H](C)N(Cn1c(O)c(N=NC(=O)c3cccnc3)c3ccccc31)CC2. The second-order valence-corrected chi connectivity index (χ2v) is 8.65. The number of hydrogen-bond acceptors (Lipinski definition) is 7. The second kappa shape index (κ2) is 9.79. The molecule has 0 saturated heterocycles. The molecule has 1 amide bonds. The number of aromatic nitrogens is 2. The summed E-state index contributed by atoms with van der Waals surface area (Å²) in [6, 6.07) is 15.0. The molecule has 1 N–H and O–H groups in total. The van der Waals surface area contributed by atoms with Crippen LogP contribution in [-0.4, -0.2) is 46.2 Å². The van der Waals surface area contributed by atoms with Crippen LogP contribution in [0.4, 0.5) is 5.69 Å². The van der Waals surface area contributed by atoms with E-state index in [1.165, 1.54) is 11.8 Å². The molecule has 9 heteroatoms. The first kappa shape index (κ1) is 23.5. The van der Waals surface area contributed by atoms with Crippen molar-refractivity contribution >= 4 is 22.5 Å². The highest BCUT2D eigenvalue weighted by molar-refractivity contribution is 5.97. The second-order valence-electron chi connectivity index (χ2n) is 8.65. The number of azo groups is 1. The highest BCUT2D eigenvalue weighted by Crippen LogP contribution is 2.42. The minimum absolute atomic E-state index is 0.0377. The minimum atomic E-state index is -0.523. The molecule has 0 bridgehead atoms. The molecule has 0 aliphatic carbocycles. The van der Waals surface area contributed by atoms with Gasteiger partial charge in [0.15, 0.2) is 17.2 Å². The van der Waals surface area contributed by atoms with Crippen molar-refractivity contribution in [1.29, 1.82) is 0 Å². The van der Waals surface area contributed by atoms with Crippen LogP contribution < -0.4 is 9.47 Å². The summed E-state index contributed by atoms with van der Waals surface area (Å²) >= 11 is 0. The van der Waals surface area contributed by atoms with Gasteiger partial charge in [-0.1, -0.05) is 18.2 Å². The zero-order valence-corrected chi connectivity index (χ0v) is 20.4. The summed E-state index contributed by atoms with van der Waals surface area (Å²) in [4.78, 5) is 18.7. The van der Waals surface area contributed by atoms with Crippen LogP contribution in [0.3, 0.4) is 0 Å². The van der Waals surface area contributed by atoms with Crippen LogP contribution in [0, 0.1) is 0 Å². The van der Waals surface area contributed by atoms with Crippen LogP contribution in [0.5, 0.6) is 17.4 Å². The summed E-state index contributed by atoms with van der Waals surface area (Å²) in [5, 5.41) is 19.9. The topological polar surface area (TPSA) is 102 Å². The van der Waals surface area contributed by atoms with Gasteiger partial charge in [-0.3, -0.25) is 19.2 Å². The minimum Gasteiger partial charge on any atom is -0.493 e. The Labute approximate surface area is 208 Å². The Morgan fingerprint density at radius 1 is 1.14 bits per heavy atom. The van der Waals surface area contributed by atoms with Gasteiger partial charge in [0.05, 0.1) is 32.0 Å². The van der Waals surface area contributed by atoms with Crippen molar-refractivity contribution in [3.63, 3.8) is 0 Å². The van der Waals surface area contributed by atoms with Crippen molar-refractivity contribution in [2.75, 3.05) is 20.8 Å². The Balaban J connectivity index is 1.47. The van der Waals surface area contributed by atoms with Crippen LogP contribution in [0.25, 0.3) is 10.9 Å². The smallest absolute Gasteiger partial charge is 0.296 e. The normalized spacial score (nSPS) is 15.8. The van der Waals surface area contributed by atoms with E-state index in [4.69, 9.17) is 9.47 Å². The summed E-state index contributed by atoms with van der Waals surface area (Å²) in [7, 11) is 3.27. The van der Waals surface area contributed by atoms with E-state index >= 15 is 0 Å².